The van der Waals surface area contributed by atoms with E-state index in [0.29, 0.717) is 42.7 Å². The van der Waals surface area contributed by atoms with Crippen molar-refractivity contribution < 1.29 is 32.5 Å². The van der Waals surface area contributed by atoms with Crippen molar-refractivity contribution in [3.8, 4) is 17.2 Å². The third-order valence-corrected chi connectivity index (χ3v) is 4.66. The standard InChI is InChI=1S/C20H29F2N3O5/c1-2-23-20(24-6-3-7-27-15-4-8-26-9-5-15)25-12-14-10-17-18(29-13-28-17)11-16(14)30-19(21)22/h10-11,15,19H,2-9,12-13H2,1H3,(H2,23,24,25). The van der Waals surface area contributed by atoms with Crippen LogP contribution in [0.3, 0.4) is 0 Å². The lowest BCUT2D eigenvalue weighted by molar-refractivity contribution is -0.0505. The number of benzene rings is 1. The molecule has 0 bridgehead atoms. The fraction of sp³-hybridized carbons (Fsp3) is 0.650. The van der Waals surface area contributed by atoms with Crippen LogP contribution in [0.1, 0.15) is 31.7 Å². The van der Waals surface area contributed by atoms with Crippen LogP contribution in [-0.4, -0.2) is 58.4 Å². The number of fused-ring (bicyclic) bond motifs is 1. The highest BCUT2D eigenvalue weighted by atomic mass is 19.3. The Labute approximate surface area is 174 Å². The zero-order valence-electron chi connectivity index (χ0n) is 17.1. The molecule has 1 fully saturated rings. The Hall–Kier alpha value is -2.33. The summed E-state index contributed by atoms with van der Waals surface area (Å²) in [5, 5.41) is 6.37. The first kappa shape index (κ1) is 22.4. The number of halogens is 2. The number of aliphatic imine (C=N–C) groups is 1. The van der Waals surface area contributed by atoms with Crippen molar-refractivity contribution in [1.29, 1.82) is 0 Å². The normalized spacial score (nSPS) is 16.7. The maximum atomic E-state index is 12.8. The summed E-state index contributed by atoms with van der Waals surface area (Å²) in [4.78, 5) is 4.48. The van der Waals surface area contributed by atoms with Gasteiger partial charge in [-0.15, -0.1) is 0 Å². The molecule has 30 heavy (non-hydrogen) atoms. The van der Waals surface area contributed by atoms with Gasteiger partial charge in [0, 0.05) is 44.5 Å². The lowest BCUT2D eigenvalue weighted by Crippen LogP contribution is -2.38. The average Bonchev–Trinajstić information content (AvgIpc) is 3.19. The summed E-state index contributed by atoms with van der Waals surface area (Å²) < 4.78 is 51.9. The molecule has 0 unspecified atom stereocenters. The Morgan fingerprint density at radius 1 is 1.20 bits per heavy atom. The van der Waals surface area contributed by atoms with Crippen LogP contribution in [0, 0.1) is 0 Å². The molecule has 2 heterocycles. The minimum absolute atomic E-state index is 0.0266. The van der Waals surface area contributed by atoms with Gasteiger partial charge in [0.25, 0.3) is 0 Å². The molecule has 2 N–H and O–H groups in total. The van der Waals surface area contributed by atoms with E-state index in [9.17, 15) is 8.78 Å². The van der Waals surface area contributed by atoms with E-state index in [0.717, 1.165) is 32.5 Å². The van der Waals surface area contributed by atoms with Gasteiger partial charge in [-0.3, -0.25) is 0 Å². The van der Waals surface area contributed by atoms with Gasteiger partial charge in [0.1, 0.15) is 5.75 Å². The van der Waals surface area contributed by atoms with Crippen molar-refractivity contribution in [1.82, 2.24) is 10.6 Å². The Morgan fingerprint density at radius 3 is 2.70 bits per heavy atom. The van der Waals surface area contributed by atoms with E-state index in [-0.39, 0.29) is 25.2 Å². The Morgan fingerprint density at radius 2 is 1.97 bits per heavy atom. The first-order valence-electron chi connectivity index (χ1n) is 10.2. The van der Waals surface area contributed by atoms with E-state index in [1.165, 1.54) is 6.07 Å². The topological polar surface area (TPSA) is 82.6 Å². The maximum Gasteiger partial charge on any atom is 0.387 e. The second-order valence-electron chi connectivity index (χ2n) is 6.85. The first-order valence-corrected chi connectivity index (χ1v) is 10.2. The zero-order chi connectivity index (χ0) is 21.2. The molecule has 0 saturated carbocycles. The largest absolute Gasteiger partial charge is 0.454 e. The van der Waals surface area contributed by atoms with Crippen molar-refractivity contribution in [3.63, 3.8) is 0 Å². The van der Waals surface area contributed by atoms with Gasteiger partial charge < -0.3 is 34.3 Å². The summed E-state index contributed by atoms with van der Waals surface area (Å²) in [7, 11) is 0. The number of rotatable bonds is 10. The summed E-state index contributed by atoms with van der Waals surface area (Å²) >= 11 is 0. The number of nitrogens with one attached hydrogen (secondary N) is 2. The van der Waals surface area contributed by atoms with Crippen LogP contribution >= 0.6 is 0 Å². The average molecular weight is 429 g/mol. The Balaban J connectivity index is 1.52. The van der Waals surface area contributed by atoms with Gasteiger partial charge in [-0.05, 0) is 32.3 Å². The van der Waals surface area contributed by atoms with E-state index in [4.69, 9.17) is 18.9 Å². The molecule has 0 radical (unpaired) electrons. The number of guanidine groups is 1. The van der Waals surface area contributed by atoms with Crippen LogP contribution in [0.4, 0.5) is 8.78 Å². The monoisotopic (exact) mass is 429 g/mol. The molecule has 0 atom stereocenters. The van der Waals surface area contributed by atoms with E-state index in [1.807, 2.05) is 6.92 Å². The van der Waals surface area contributed by atoms with Crippen molar-refractivity contribution in [3.05, 3.63) is 17.7 Å². The van der Waals surface area contributed by atoms with Crippen molar-refractivity contribution in [2.24, 2.45) is 4.99 Å². The number of hydrogen-bond donors (Lipinski definition) is 2. The highest BCUT2D eigenvalue weighted by Gasteiger charge is 2.20. The molecule has 0 aliphatic carbocycles. The zero-order valence-corrected chi connectivity index (χ0v) is 17.1. The lowest BCUT2D eigenvalue weighted by atomic mass is 10.1. The minimum Gasteiger partial charge on any atom is -0.454 e. The van der Waals surface area contributed by atoms with Gasteiger partial charge in [-0.2, -0.15) is 8.78 Å². The second kappa shape index (κ2) is 11.8. The molecule has 2 aliphatic rings. The number of ether oxygens (including phenoxy) is 5. The van der Waals surface area contributed by atoms with E-state index >= 15 is 0 Å². The Kier molecular flexibility index (Phi) is 8.76. The molecule has 10 heteroatoms. The van der Waals surface area contributed by atoms with E-state index in [2.05, 4.69) is 20.4 Å². The van der Waals surface area contributed by atoms with Crippen molar-refractivity contribution >= 4 is 5.96 Å². The number of nitrogens with zero attached hydrogens (tertiary/aromatic N) is 1. The van der Waals surface area contributed by atoms with Crippen LogP contribution in [0.25, 0.3) is 0 Å². The molecule has 1 aromatic carbocycles. The molecule has 1 aromatic rings. The molecule has 2 aliphatic heterocycles. The molecule has 8 nitrogen and oxygen atoms in total. The Bertz CT molecular complexity index is 699. The van der Waals surface area contributed by atoms with Crippen LogP contribution in [0.5, 0.6) is 17.2 Å². The van der Waals surface area contributed by atoms with Gasteiger partial charge in [0.15, 0.2) is 17.5 Å². The third-order valence-electron chi connectivity index (χ3n) is 4.66. The highest BCUT2D eigenvalue weighted by Crippen LogP contribution is 2.39. The summed E-state index contributed by atoms with van der Waals surface area (Å²) in [6, 6.07) is 3.03. The van der Waals surface area contributed by atoms with Gasteiger partial charge in [-0.1, -0.05) is 0 Å². The minimum atomic E-state index is -2.94. The van der Waals surface area contributed by atoms with Gasteiger partial charge in [-0.25, -0.2) is 4.99 Å². The predicted octanol–water partition coefficient (Wildman–Crippen LogP) is 2.66. The van der Waals surface area contributed by atoms with Gasteiger partial charge in [0.2, 0.25) is 6.79 Å². The predicted molar refractivity (Wildman–Crippen MR) is 106 cm³/mol. The SMILES string of the molecule is CCNC(=NCc1cc2c(cc1OC(F)F)OCO2)NCCCOC1CCOCC1. The van der Waals surface area contributed by atoms with Crippen LogP contribution < -0.4 is 24.8 Å². The molecular weight excluding hydrogens is 400 g/mol. The van der Waals surface area contributed by atoms with Gasteiger partial charge in [0.05, 0.1) is 12.6 Å². The quantitative estimate of drug-likeness (QED) is 0.336. The maximum absolute atomic E-state index is 12.8. The van der Waals surface area contributed by atoms with Crippen molar-refractivity contribution in [2.75, 3.05) is 39.7 Å². The molecule has 168 valence electrons. The van der Waals surface area contributed by atoms with Gasteiger partial charge >= 0.3 is 6.61 Å². The number of alkyl halides is 2. The molecule has 3 rings (SSSR count). The van der Waals surface area contributed by atoms with Crippen LogP contribution in [0.2, 0.25) is 0 Å². The first-order chi connectivity index (χ1) is 14.7. The summed E-state index contributed by atoms with van der Waals surface area (Å²) in [6.45, 7) is 2.75. The molecular formula is C20H29F2N3O5. The highest BCUT2D eigenvalue weighted by molar-refractivity contribution is 5.79. The summed E-state index contributed by atoms with van der Waals surface area (Å²) in [6.07, 6.45) is 2.98. The second-order valence-corrected chi connectivity index (χ2v) is 6.85. The number of hydrogen-bond acceptors (Lipinski definition) is 6. The third kappa shape index (κ3) is 6.88. The molecule has 0 aromatic heterocycles. The van der Waals surface area contributed by atoms with Crippen LogP contribution in [0.15, 0.2) is 17.1 Å². The van der Waals surface area contributed by atoms with E-state index < -0.39 is 6.61 Å². The lowest BCUT2D eigenvalue weighted by Gasteiger charge is -2.22. The molecule has 0 amide bonds. The van der Waals surface area contributed by atoms with Crippen LogP contribution in [-0.2, 0) is 16.0 Å². The molecule has 1 saturated heterocycles. The smallest absolute Gasteiger partial charge is 0.387 e. The van der Waals surface area contributed by atoms with Crippen molar-refractivity contribution in [2.45, 2.75) is 45.4 Å². The fourth-order valence-corrected chi connectivity index (χ4v) is 3.17. The molecule has 0 spiro atoms. The summed E-state index contributed by atoms with van der Waals surface area (Å²) in [5.41, 5.74) is 0.486. The fourth-order valence-electron chi connectivity index (χ4n) is 3.17. The summed E-state index contributed by atoms with van der Waals surface area (Å²) in [5.74, 6) is 1.49. The van der Waals surface area contributed by atoms with E-state index in [1.54, 1.807) is 6.07 Å².